The van der Waals surface area contributed by atoms with Gasteiger partial charge in [-0.3, -0.25) is 4.79 Å². The highest BCUT2D eigenvalue weighted by molar-refractivity contribution is 5.91. The third-order valence-corrected chi connectivity index (χ3v) is 2.65. The average Bonchev–Trinajstić information content (AvgIpc) is 2.39. The Morgan fingerprint density at radius 1 is 1.42 bits per heavy atom. The first-order chi connectivity index (χ1) is 9.15. The number of carbonyl (C=O) groups excluding carboxylic acids is 1. The minimum atomic E-state index is -0.0962. The zero-order valence-corrected chi connectivity index (χ0v) is 11.5. The number of anilines is 1. The van der Waals surface area contributed by atoms with E-state index in [-0.39, 0.29) is 11.9 Å². The number of methoxy groups -OCH3 is 1. The number of nitrogens with one attached hydrogen (secondary N) is 1. The van der Waals surface area contributed by atoms with Crippen molar-refractivity contribution >= 4 is 11.6 Å². The van der Waals surface area contributed by atoms with Crippen molar-refractivity contribution in [1.82, 2.24) is 0 Å². The van der Waals surface area contributed by atoms with E-state index in [0.29, 0.717) is 31.1 Å². The average molecular weight is 266 g/mol. The monoisotopic (exact) mass is 266 g/mol. The normalized spacial score (nSPS) is 11.9. The van der Waals surface area contributed by atoms with E-state index >= 15 is 0 Å². The van der Waals surface area contributed by atoms with Gasteiger partial charge >= 0.3 is 0 Å². The van der Waals surface area contributed by atoms with E-state index in [1.807, 2.05) is 25.1 Å². The molecule has 1 rings (SSSR count). The van der Waals surface area contributed by atoms with Crippen LogP contribution in [0.3, 0.4) is 0 Å². The quantitative estimate of drug-likeness (QED) is 0.703. The summed E-state index contributed by atoms with van der Waals surface area (Å²) in [5.41, 5.74) is 6.45. The number of ether oxygens (including phenoxy) is 2. The fourth-order valence-electron chi connectivity index (χ4n) is 1.50. The number of carbonyl (C=O) groups is 1. The molecule has 1 unspecified atom stereocenters. The molecule has 0 saturated heterocycles. The van der Waals surface area contributed by atoms with Crippen LogP contribution in [0.4, 0.5) is 5.69 Å². The molecular weight excluding hydrogens is 244 g/mol. The molecule has 0 spiro atoms. The van der Waals surface area contributed by atoms with Crippen LogP contribution in [-0.4, -0.2) is 32.3 Å². The summed E-state index contributed by atoms with van der Waals surface area (Å²) in [4.78, 5) is 11.7. The first kappa shape index (κ1) is 15.5. The largest absolute Gasteiger partial charge is 0.491 e. The Morgan fingerprint density at radius 3 is 2.89 bits per heavy atom. The number of amides is 1. The van der Waals surface area contributed by atoms with Crippen LogP contribution in [0.5, 0.6) is 5.75 Å². The molecule has 0 heterocycles. The molecule has 0 radical (unpaired) electrons. The van der Waals surface area contributed by atoms with Gasteiger partial charge < -0.3 is 20.5 Å². The second kappa shape index (κ2) is 8.50. The lowest BCUT2D eigenvalue weighted by atomic mass is 10.1. The summed E-state index contributed by atoms with van der Waals surface area (Å²) in [7, 11) is 1.62. The van der Waals surface area contributed by atoms with Crippen LogP contribution in [0, 0.1) is 0 Å². The molecule has 3 N–H and O–H groups in total. The minimum absolute atomic E-state index is 0.0802. The maximum absolute atomic E-state index is 11.7. The molecule has 1 aromatic carbocycles. The van der Waals surface area contributed by atoms with Crippen LogP contribution in [0.1, 0.15) is 19.8 Å². The van der Waals surface area contributed by atoms with Gasteiger partial charge in [0.1, 0.15) is 12.4 Å². The molecule has 0 bridgehead atoms. The third-order valence-electron chi connectivity index (χ3n) is 2.65. The molecule has 0 fully saturated rings. The molecule has 0 aromatic heterocycles. The maximum Gasteiger partial charge on any atom is 0.225 e. The van der Waals surface area contributed by atoms with Gasteiger partial charge in [-0.2, -0.15) is 0 Å². The number of nitrogens with two attached hydrogens (primary N) is 1. The van der Waals surface area contributed by atoms with Crippen LogP contribution in [-0.2, 0) is 9.53 Å². The van der Waals surface area contributed by atoms with E-state index in [1.54, 1.807) is 13.2 Å². The van der Waals surface area contributed by atoms with Crippen molar-refractivity contribution in [2.45, 2.75) is 25.8 Å². The molecule has 19 heavy (non-hydrogen) atoms. The molecule has 106 valence electrons. The molecule has 0 aliphatic rings. The Labute approximate surface area is 114 Å². The van der Waals surface area contributed by atoms with E-state index in [9.17, 15) is 4.79 Å². The molecule has 0 aliphatic carbocycles. The van der Waals surface area contributed by atoms with E-state index in [4.69, 9.17) is 15.2 Å². The van der Waals surface area contributed by atoms with Crippen LogP contribution in [0.2, 0.25) is 0 Å². The number of rotatable bonds is 8. The fourth-order valence-corrected chi connectivity index (χ4v) is 1.50. The molecular formula is C14H22N2O3. The van der Waals surface area contributed by atoms with Gasteiger partial charge in [0, 0.05) is 31.3 Å². The van der Waals surface area contributed by atoms with Gasteiger partial charge in [-0.15, -0.1) is 0 Å². The van der Waals surface area contributed by atoms with E-state index in [0.717, 1.165) is 6.42 Å². The van der Waals surface area contributed by atoms with Gasteiger partial charge in [0.05, 0.1) is 6.61 Å². The first-order valence-electron chi connectivity index (χ1n) is 6.43. The zero-order chi connectivity index (χ0) is 14.1. The van der Waals surface area contributed by atoms with Gasteiger partial charge in [0.25, 0.3) is 0 Å². The summed E-state index contributed by atoms with van der Waals surface area (Å²) in [5, 5.41) is 2.81. The van der Waals surface area contributed by atoms with Crippen molar-refractivity contribution in [2.24, 2.45) is 5.73 Å². The number of benzene rings is 1. The van der Waals surface area contributed by atoms with Crippen molar-refractivity contribution < 1.29 is 14.3 Å². The standard InChI is InChI=1S/C14H22N2O3/c1-3-11(15)9-14(17)16-12-5-4-6-13(10-12)19-8-7-18-2/h4-6,10-11H,3,7-9,15H2,1-2H3,(H,16,17). The van der Waals surface area contributed by atoms with Gasteiger partial charge in [-0.25, -0.2) is 0 Å². The molecule has 1 atom stereocenters. The summed E-state index contributed by atoms with van der Waals surface area (Å²) < 4.78 is 10.4. The summed E-state index contributed by atoms with van der Waals surface area (Å²) in [6.07, 6.45) is 1.11. The van der Waals surface area contributed by atoms with Crippen molar-refractivity contribution in [3.05, 3.63) is 24.3 Å². The minimum Gasteiger partial charge on any atom is -0.491 e. The fraction of sp³-hybridized carbons (Fsp3) is 0.500. The van der Waals surface area contributed by atoms with Crippen molar-refractivity contribution in [2.75, 3.05) is 25.6 Å². The van der Waals surface area contributed by atoms with Crippen LogP contribution in [0.15, 0.2) is 24.3 Å². The third kappa shape index (κ3) is 6.22. The lowest BCUT2D eigenvalue weighted by molar-refractivity contribution is -0.116. The van der Waals surface area contributed by atoms with Gasteiger partial charge in [0.15, 0.2) is 0 Å². The Balaban J connectivity index is 2.49. The van der Waals surface area contributed by atoms with Crippen molar-refractivity contribution in [1.29, 1.82) is 0 Å². The highest BCUT2D eigenvalue weighted by Crippen LogP contribution is 2.17. The summed E-state index contributed by atoms with van der Waals surface area (Å²) in [6, 6.07) is 7.17. The Hall–Kier alpha value is -1.59. The number of hydrogen-bond acceptors (Lipinski definition) is 4. The van der Waals surface area contributed by atoms with Crippen LogP contribution in [0.25, 0.3) is 0 Å². The van der Waals surface area contributed by atoms with E-state index in [1.165, 1.54) is 0 Å². The summed E-state index contributed by atoms with van der Waals surface area (Å²) in [5.74, 6) is 0.623. The lowest BCUT2D eigenvalue weighted by Gasteiger charge is -2.11. The highest BCUT2D eigenvalue weighted by Gasteiger charge is 2.08. The predicted octanol–water partition coefficient (Wildman–Crippen LogP) is 1.78. The second-order valence-corrected chi connectivity index (χ2v) is 4.29. The Morgan fingerprint density at radius 2 is 2.21 bits per heavy atom. The lowest BCUT2D eigenvalue weighted by Crippen LogP contribution is -2.26. The van der Waals surface area contributed by atoms with Crippen molar-refractivity contribution in [3.63, 3.8) is 0 Å². The zero-order valence-electron chi connectivity index (χ0n) is 11.5. The van der Waals surface area contributed by atoms with Crippen molar-refractivity contribution in [3.8, 4) is 5.75 Å². The van der Waals surface area contributed by atoms with E-state index in [2.05, 4.69) is 5.32 Å². The SMILES string of the molecule is CCC(N)CC(=O)Nc1cccc(OCCOC)c1. The van der Waals surface area contributed by atoms with Gasteiger partial charge in [-0.05, 0) is 18.6 Å². The summed E-state index contributed by atoms with van der Waals surface area (Å²) >= 11 is 0. The van der Waals surface area contributed by atoms with Crippen LogP contribution < -0.4 is 15.8 Å². The molecule has 1 amide bonds. The molecule has 1 aromatic rings. The molecule has 5 heteroatoms. The second-order valence-electron chi connectivity index (χ2n) is 4.29. The number of hydrogen-bond donors (Lipinski definition) is 2. The smallest absolute Gasteiger partial charge is 0.225 e. The van der Waals surface area contributed by atoms with E-state index < -0.39 is 0 Å². The first-order valence-corrected chi connectivity index (χ1v) is 6.43. The van der Waals surface area contributed by atoms with Crippen LogP contribution >= 0.6 is 0 Å². The van der Waals surface area contributed by atoms with Gasteiger partial charge in [-0.1, -0.05) is 13.0 Å². The molecule has 0 saturated carbocycles. The highest BCUT2D eigenvalue weighted by atomic mass is 16.5. The Kier molecular flexibility index (Phi) is 6.92. The van der Waals surface area contributed by atoms with Gasteiger partial charge in [0.2, 0.25) is 5.91 Å². The maximum atomic E-state index is 11.7. The molecule has 5 nitrogen and oxygen atoms in total. The molecule has 0 aliphatic heterocycles. The Bertz CT molecular complexity index is 396. The topological polar surface area (TPSA) is 73.6 Å². The predicted molar refractivity (Wildman–Crippen MR) is 75.3 cm³/mol. The summed E-state index contributed by atoms with van der Waals surface area (Å²) in [6.45, 7) is 2.97.